The van der Waals surface area contributed by atoms with E-state index in [4.69, 9.17) is 9.47 Å². The molecule has 1 aromatic heterocycles. The number of pyridine rings is 1. The van der Waals surface area contributed by atoms with Gasteiger partial charge >= 0.3 is 6.03 Å². The number of fused-ring (bicyclic) bond motifs is 1. The van der Waals surface area contributed by atoms with Crippen molar-refractivity contribution < 1.29 is 27.5 Å². The normalized spacial score (nSPS) is 21.7. The van der Waals surface area contributed by atoms with Gasteiger partial charge in [-0.1, -0.05) is 0 Å². The van der Waals surface area contributed by atoms with Gasteiger partial charge in [0.15, 0.2) is 5.54 Å². The maximum absolute atomic E-state index is 15.0. The number of anilines is 1. The van der Waals surface area contributed by atoms with E-state index in [0.29, 0.717) is 29.5 Å². The standard InChI is InChI=1S/C36H38N8O6S/c1-2-50-33-30(4-3-13-39-33)36(40-35(46)43-14-11-27(12-15-43)41-16-18-42(19-17-41)28-23-49-24-28)31-20-26(22-38)7-10-32(31)44(34(36)45)51(47,48)29-8-5-25(21-37)6-9-29/h3-10,13,20,27-28H,2,11-12,14-19,23-24H2,1H3,(H,40,46)/t36-/m1/s1. The molecule has 0 bridgehead atoms. The molecule has 0 radical (unpaired) electrons. The van der Waals surface area contributed by atoms with E-state index >= 15 is 4.79 Å². The molecular formula is C36H38N8O6S. The van der Waals surface area contributed by atoms with Gasteiger partial charge in [-0.25, -0.2) is 18.2 Å². The summed E-state index contributed by atoms with van der Waals surface area (Å²) >= 11 is 0. The van der Waals surface area contributed by atoms with Crippen LogP contribution in [-0.4, -0.2) is 111 Å². The van der Waals surface area contributed by atoms with Crippen LogP contribution in [0.25, 0.3) is 0 Å². The van der Waals surface area contributed by atoms with Crippen LogP contribution in [0.15, 0.2) is 65.7 Å². The number of aromatic nitrogens is 1. The molecule has 0 saturated carbocycles. The van der Waals surface area contributed by atoms with Gasteiger partial charge in [-0.05, 0) is 74.4 Å². The van der Waals surface area contributed by atoms with Crippen LogP contribution in [-0.2, 0) is 25.1 Å². The van der Waals surface area contributed by atoms with Crippen LogP contribution in [0, 0.1) is 22.7 Å². The number of ether oxygens (including phenoxy) is 2. The molecule has 0 aliphatic carbocycles. The number of likely N-dealkylation sites (tertiary alicyclic amines) is 1. The zero-order chi connectivity index (χ0) is 35.8. The van der Waals surface area contributed by atoms with Crippen LogP contribution in [0.4, 0.5) is 10.5 Å². The van der Waals surface area contributed by atoms with Crippen LogP contribution in [0.3, 0.4) is 0 Å². The fourth-order valence-electron chi connectivity index (χ4n) is 7.46. The Kier molecular flexibility index (Phi) is 9.39. The molecule has 3 aromatic rings. The van der Waals surface area contributed by atoms with E-state index < -0.39 is 27.5 Å². The number of hydrogen-bond acceptors (Lipinski definition) is 11. The van der Waals surface area contributed by atoms with Gasteiger partial charge in [-0.2, -0.15) is 14.8 Å². The molecule has 14 nitrogen and oxygen atoms in total. The quantitative estimate of drug-likeness (QED) is 0.364. The Morgan fingerprint density at radius 3 is 2.20 bits per heavy atom. The lowest BCUT2D eigenvalue weighted by Crippen LogP contribution is -2.61. The maximum Gasteiger partial charge on any atom is 0.318 e. The van der Waals surface area contributed by atoms with Gasteiger partial charge in [-0.3, -0.25) is 14.6 Å². The van der Waals surface area contributed by atoms with Gasteiger partial charge in [-0.15, -0.1) is 0 Å². The second-order valence-electron chi connectivity index (χ2n) is 13.0. The minimum atomic E-state index is -4.59. The van der Waals surface area contributed by atoms with E-state index in [1.807, 2.05) is 6.07 Å². The van der Waals surface area contributed by atoms with Crippen LogP contribution in [0.2, 0.25) is 0 Å². The van der Waals surface area contributed by atoms with Crippen molar-refractivity contribution >= 4 is 27.6 Å². The summed E-state index contributed by atoms with van der Waals surface area (Å²) in [6, 6.07) is 16.9. The van der Waals surface area contributed by atoms with E-state index in [-0.39, 0.29) is 45.3 Å². The average molecular weight is 711 g/mol. The fourth-order valence-corrected chi connectivity index (χ4v) is 8.92. The highest BCUT2D eigenvalue weighted by molar-refractivity contribution is 7.93. The van der Waals surface area contributed by atoms with Gasteiger partial charge < -0.3 is 19.7 Å². The number of piperidine rings is 1. The molecule has 15 heteroatoms. The summed E-state index contributed by atoms with van der Waals surface area (Å²) in [7, 11) is -4.59. The molecule has 264 valence electrons. The van der Waals surface area contributed by atoms with Crippen molar-refractivity contribution in [2.24, 2.45) is 0 Å². The molecule has 2 aromatic carbocycles. The van der Waals surface area contributed by atoms with Gasteiger partial charge in [0.25, 0.3) is 15.9 Å². The number of piperazine rings is 1. The molecule has 3 saturated heterocycles. The largest absolute Gasteiger partial charge is 0.478 e. The lowest BCUT2D eigenvalue weighted by molar-refractivity contribution is -0.121. The number of carbonyl (C=O) groups excluding carboxylic acids is 2. The number of nitrogens with zero attached hydrogens (tertiary/aromatic N) is 7. The molecule has 1 N–H and O–H groups in total. The second-order valence-corrected chi connectivity index (χ2v) is 14.8. The molecule has 3 amide bonds. The molecule has 0 unspecified atom stereocenters. The first-order valence-electron chi connectivity index (χ1n) is 17.1. The highest BCUT2D eigenvalue weighted by Gasteiger charge is 2.59. The van der Waals surface area contributed by atoms with E-state index in [9.17, 15) is 23.7 Å². The van der Waals surface area contributed by atoms with Gasteiger partial charge in [0, 0.05) is 57.1 Å². The Morgan fingerprint density at radius 1 is 0.941 bits per heavy atom. The maximum atomic E-state index is 15.0. The third-order valence-electron chi connectivity index (χ3n) is 10.3. The second kappa shape index (κ2) is 13.9. The first-order chi connectivity index (χ1) is 24.7. The molecule has 4 aliphatic rings. The summed E-state index contributed by atoms with van der Waals surface area (Å²) < 4.78 is 40.5. The van der Waals surface area contributed by atoms with E-state index in [1.165, 1.54) is 48.7 Å². The monoisotopic (exact) mass is 710 g/mol. The molecule has 0 spiro atoms. The Hall–Kier alpha value is -5.06. The van der Waals surface area contributed by atoms with Gasteiger partial charge in [0.2, 0.25) is 5.88 Å². The van der Waals surface area contributed by atoms with Crippen molar-refractivity contribution in [2.45, 2.75) is 42.3 Å². The molecule has 7 rings (SSSR count). The van der Waals surface area contributed by atoms with E-state index in [0.717, 1.165) is 52.2 Å². The van der Waals surface area contributed by atoms with E-state index in [2.05, 4.69) is 26.2 Å². The van der Waals surface area contributed by atoms with Crippen LogP contribution in [0.5, 0.6) is 5.88 Å². The Labute approximate surface area is 296 Å². The Morgan fingerprint density at radius 2 is 1.59 bits per heavy atom. The number of hydrogen-bond donors (Lipinski definition) is 1. The number of nitriles is 2. The smallest absolute Gasteiger partial charge is 0.318 e. The predicted octanol–water partition coefficient (Wildman–Crippen LogP) is 2.39. The summed E-state index contributed by atoms with van der Waals surface area (Å²) in [6.45, 7) is 8.25. The van der Waals surface area contributed by atoms with Crippen molar-refractivity contribution in [1.29, 1.82) is 10.5 Å². The van der Waals surface area contributed by atoms with Crippen molar-refractivity contribution in [2.75, 3.05) is 63.4 Å². The summed E-state index contributed by atoms with van der Waals surface area (Å²) in [5, 5.41) is 22.1. The molecule has 4 aliphatic heterocycles. The number of benzene rings is 2. The van der Waals surface area contributed by atoms with Crippen molar-refractivity contribution in [1.82, 2.24) is 25.0 Å². The zero-order valence-electron chi connectivity index (χ0n) is 28.2. The number of amides is 3. The number of nitrogens with one attached hydrogen (secondary N) is 1. The van der Waals surface area contributed by atoms with Gasteiger partial charge in [0.1, 0.15) is 0 Å². The Balaban J connectivity index is 1.23. The Bertz CT molecular complexity index is 2010. The molecule has 51 heavy (non-hydrogen) atoms. The topological polar surface area (TPSA) is 172 Å². The van der Waals surface area contributed by atoms with Crippen molar-refractivity contribution in [3.8, 4) is 18.0 Å². The molecule has 3 fully saturated rings. The summed E-state index contributed by atoms with van der Waals surface area (Å²) in [5.41, 5.74) is -1.53. The minimum Gasteiger partial charge on any atom is -0.478 e. The highest BCUT2D eigenvalue weighted by atomic mass is 32.2. The third-order valence-corrected chi connectivity index (χ3v) is 12.0. The van der Waals surface area contributed by atoms with Crippen LogP contribution < -0.4 is 14.4 Å². The lowest BCUT2D eigenvalue weighted by atomic mass is 9.83. The molecular weight excluding hydrogens is 673 g/mol. The lowest BCUT2D eigenvalue weighted by Gasteiger charge is -2.46. The summed E-state index contributed by atoms with van der Waals surface area (Å²) in [5.74, 6) is -0.949. The van der Waals surface area contributed by atoms with E-state index in [1.54, 1.807) is 24.0 Å². The van der Waals surface area contributed by atoms with Crippen LogP contribution in [0.1, 0.15) is 42.0 Å². The highest BCUT2D eigenvalue weighted by Crippen LogP contribution is 2.49. The minimum absolute atomic E-state index is 0.0266. The van der Waals surface area contributed by atoms with Gasteiger partial charge in [0.05, 0.1) is 65.3 Å². The fraction of sp³-hybridized carbons (Fsp3) is 0.417. The average Bonchev–Trinajstić information content (AvgIpc) is 3.39. The summed E-state index contributed by atoms with van der Waals surface area (Å²) in [4.78, 5) is 40.1. The number of carbonyl (C=O) groups is 2. The first-order valence-corrected chi connectivity index (χ1v) is 18.5. The molecule has 1 atom stereocenters. The molecule has 5 heterocycles. The summed E-state index contributed by atoms with van der Waals surface area (Å²) in [6.07, 6.45) is 2.96. The number of sulfonamides is 1. The first kappa shape index (κ1) is 34.4. The number of rotatable bonds is 8. The van der Waals surface area contributed by atoms with Crippen molar-refractivity contribution in [3.63, 3.8) is 0 Å². The van der Waals surface area contributed by atoms with Crippen molar-refractivity contribution in [3.05, 3.63) is 83.0 Å². The SMILES string of the molecule is CCOc1ncccc1[C@]1(NC(=O)N2CCC(N3CCN(C4COC4)CC3)CC2)C(=O)N(S(=O)(=O)c2ccc(C#N)cc2)c2ccc(C#N)cc21. The zero-order valence-corrected chi connectivity index (χ0v) is 29.0. The third kappa shape index (κ3) is 6.06. The van der Waals surface area contributed by atoms with Crippen LogP contribution >= 0.6 is 0 Å². The predicted molar refractivity (Wildman–Crippen MR) is 184 cm³/mol. The number of urea groups is 1.